The topological polar surface area (TPSA) is 126 Å². The predicted molar refractivity (Wildman–Crippen MR) is 127 cm³/mol. The van der Waals surface area contributed by atoms with Gasteiger partial charge in [0.1, 0.15) is 12.1 Å². The number of amides is 4. The molecule has 2 unspecified atom stereocenters. The summed E-state index contributed by atoms with van der Waals surface area (Å²) in [6, 6.07) is 14.5. The summed E-state index contributed by atoms with van der Waals surface area (Å²) in [6.45, 7) is 1.06. The highest BCUT2D eigenvalue weighted by atomic mass is 16.5. The van der Waals surface area contributed by atoms with Gasteiger partial charge in [-0.3, -0.25) is 9.59 Å². The first-order valence-corrected chi connectivity index (χ1v) is 11.2. The molecule has 0 aliphatic carbocycles. The molecule has 3 N–H and O–H groups in total. The van der Waals surface area contributed by atoms with Gasteiger partial charge in [0, 0.05) is 33.0 Å². The number of rotatable bonds is 2. The molecule has 0 bridgehead atoms. The molecule has 4 rings (SSSR count). The number of benzene rings is 2. The number of methoxy groups -OCH3 is 2. The van der Waals surface area contributed by atoms with Crippen LogP contribution in [0.4, 0.5) is 9.59 Å². The number of carbonyl (C=O) groups is 4. The van der Waals surface area contributed by atoms with Crippen molar-refractivity contribution in [1.82, 2.24) is 20.9 Å². The van der Waals surface area contributed by atoms with E-state index in [9.17, 15) is 19.2 Å². The van der Waals surface area contributed by atoms with Crippen molar-refractivity contribution in [2.24, 2.45) is 0 Å². The molecule has 0 radical (unpaired) electrons. The number of carbonyl (C=O) groups excluding carboxylic acids is 4. The van der Waals surface area contributed by atoms with Gasteiger partial charge >= 0.3 is 12.2 Å². The van der Waals surface area contributed by atoms with Crippen LogP contribution in [0.2, 0.25) is 0 Å². The standard InChI is InChI=1S/C13H16N2O3.C12H14N2O3/c1-15-8-10-6-4-3-5-9(10)7-11(12(15)16)14-13(17)18-2;1-17-12(16)14-10-6-8-4-2-3-5-9(8)7-13-11(10)15/h3-6,11H,7-8H2,1-2H3,(H,14,17);2-5,10H,6-7H2,1H3,(H,13,15)(H,14,16). The smallest absolute Gasteiger partial charge is 0.407 e. The van der Waals surface area contributed by atoms with Crippen LogP contribution in [0.5, 0.6) is 0 Å². The highest BCUT2D eigenvalue weighted by Gasteiger charge is 2.29. The zero-order chi connectivity index (χ0) is 25.4. The van der Waals surface area contributed by atoms with Crippen molar-refractivity contribution in [2.75, 3.05) is 21.3 Å². The summed E-state index contributed by atoms with van der Waals surface area (Å²) in [5.41, 5.74) is 4.33. The lowest BCUT2D eigenvalue weighted by Gasteiger charge is -2.20. The maximum absolute atomic E-state index is 12.1. The van der Waals surface area contributed by atoms with E-state index >= 15 is 0 Å². The van der Waals surface area contributed by atoms with Gasteiger partial charge in [-0.1, -0.05) is 48.5 Å². The lowest BCUT2D eigenvalue weighted by atomic mass is 10.0. The van der Waals surface area contributed by atoms with E-state index in [4.69, 9.17) is 0 Å². The molecular formula is C25H30N4O6. The maximum Gasteiger partial charge on any atom is 0.407 e. The minimum absolute atomic E-state index is 0.100. The lowest BCUT2D eigenvalue weighted by Crippen LogP contribution is -2.46. The van der Waals surface area contributed by atoms with Crippen LogP contribution in [0.15, 0.2) is 48.5 Å². The van der Waals surface area contributed by atoms with Crippen molar-refractivity contribution in [2.45, 2.75) is 38.0 Å². The number of hydrogen-bond donors (Lipinski definition) is 3. The van der Waals surface area contributed by atoms with Crippen LogP contribution in [-0.2, 0) is 45.0 Å². The first-order chi connectivity index (χ1) is 16.8. The van der Waals surface area contributed by atoms with E-state index in [1.54, 1.807) is 11.9 Å². The van der Waals surface area contributed by atoms with Crippen LogP contribution < -0.4 is 16.0 Å². The van der Waals surface area contributed by atoms with Gasteiger partial charge in [-0.25, -0.2) is 9.59 Å². The minimum atomic E-state index is -0.593. The molecule has 2 atom stereocenters. The fourth-order valence-corrected chi connectivity index (χ4v) is 4.00. The molecule has 10 heteroatoms. The van der Waals surface area contributed by atoms with Crippen molar-refractivity contribution in [3.8, 4) is 0 Å². The Hall–Kier alpha value is -4.08. The second-order valence-electron chi connectivity index (χ2n) is 8.23. The minimum Gasteiger partial charge on any atom is -0.453 e. The largest absolute Gasteiger partial charge is 0.453 e. The Labute approximate surface area is 204 Å². The molecule has 2 aromatic rings. The Bertz CT molecular complexity index is 1090. The van der Waals surface area contributed by atoms with Crippen molar-refractivity contribution < 1.29 is 28.7 Å². The molecule has 4 amide bonds. The number of alkyl carbamates (subject to hydrolysis) is 2. The van der Waals surface area contributed by atoms with Crippen LogP contribution in [0, 0.1) is 0 Å². The summed E-state index contributed by atoms with van der Waals surface area (Å²) in [5.74, 6) is -0.289. The van der Waals surface area contributed by atoms with E-state index < -0.39 is 24.3 Å². The summed E-state index contributed by atoms with van der Waals surface area (Å²) in [7, 11) is 4.29. The number of ether oxygens (including phenoxy) is 2. The monoisotopic (exact) mass is 482 g/mol. The number of nitrogens with zero attached hydrogens (tertiary/aromatic N) is 1. The van der Waals surface area contributed by atoms with E-state index in [2.05, 4.69) is 25.4 Å². The van der Waals surface area contributed by atoms with Gasteiger partial charge in [0.15, 0.2) is 0 Å². The Kier molecular flexibility index (Phi) is 8.66. The van der Waals surface area contributed by atoms with Crippen molar-refractivity contribution in [3.63, 3.8) is 0 Å². The Balaban J connectivity index is 0.000000196. The second kappa shape index (κ2) is 11.9. The Morgan fingerprint density at radius 1 is 0.829 bits per heavy atom. The first kappa shape index (κ1) is 25.5. The number of nitrogens with one attached hydrogen (secondary N) is 3. The summed E-state index contributed by atoms with van der Waals surface area (Å²) in [4.78, 5) is 47.9. The summed E-state index contributed by atoms with van der Waals surface area (Å²) in [6.07, 6.45) is -0.198. The zero-order valence-corrected chi connectivity index (χ0v) is 20.0. The summed E-state index contributed by atoms with van der Waals surface area (Å²) >= 11 is 0. The molecule has 0 saturated heterocycles. The highest BCUT2D eigenvalue weighted by molar-refractivity contribution is 5.87. The average molecular weight is 483 g/mol. The van der Waals surface area contributed by atoms with Crippen LogP contribution >= 0.6 is 0 Å². The third kappa shape index (κ3) is 6.72. The second-order valence-corrected chi connectivity index (χ2v) is 8.23. The van der Waals surface area contributed by atoms with E-state index in [1.807, 2.05) is 48.5 Å². The molecule has 2 aliphatic rings. The van der Waals surface area contributed by atoms with E-state index in [-0.39, 0.29) is 11.8 Å². The molecule has 10 nitrogen and oxygen atoms in total. The van der Waals surface area contributed by atoms with E-state index in [1.165, 1.54) is 14.2 Å². The molecular weight excluding hydrogens is 452 g/mol. The van der Waals surface area contributed by atoms with Crippen LogP contribution in [-0.4, -0.2) is 62.3 Å². The molecule has 2 aliphatic heterocycles. The SMILES string of the molecule is COC(=O)NC1Cc2ccccc2CN(C)C1=O.COC(=O)NC1Cc2ccccc2CNC1=O. The van der Waals surface area contributed by atoms with Gasteiger partial charge in [-0.15, -0.1) is 0 Å². The third-order valence-corrected chi connectivity index (χ3v) is 5.89. The van der Waals surface area contributed by atoms with Gasteiger partial charge in [0.05, 0.1) is 14.2 Å². The molecule has 0 fully saturated rings. The number of fused-ring (bicyclic) bond motifs is 2. The van der Waals surface area contributed by atoms with Crippen molar-refractivity contribution >= 4 is 24.0 Å². The number of hydrogen-bond acceptors (Lipinski definition) is 6. The first-order valence-electron chi connectivity index (χ1n) is 11.2. The van der Waals surface area contributed by atoms with Crippen LogP contribution in [0.25, 0.3) is 0 Å². The van der Waals surface area contributed by atoms with Gasteiger partial charge < -0.3 is 30.3 Å². The van der Waals surface area contributed by atoms with Gasteiger partial charge in [0.2, 0.25) is 11.8 Å². The fourth-order valence-electron chi connectivity index (χ4n) is 4.00. The molecule has 35 heavy (non-hydrogen) atoms. The van der Waals surface area contributed by atoms with Gasteiger partial charge in [-0.2, -0.15) is 0 Å². The number of likely N-dealkylation sites (N-methyl/N-ethyl adjacent to an activating group) is 1. The lowest BCUT2D eigenvalue weighted by molar-refractivity contribution is -0.132. The maximum atomic E-state index is 12.1. The molecule has 0 spiro atoms. The fraction of sp³-hybridized carbons (Fsp3) is 0.360. The molecule has 2 heterocycles. The van der Waals surface area contributed by atoms with Gasteiger partial charge in [0.25, 0.3) is 0 Å². The van der Waals surface area contributed by atoms with Gasteiger partial charge in [-0.05, 0) is 22.3 Å². The van der Waals surface area contributed by atoms with E-state index in [0.717, 1.165) is 22.3 Å². The third-order valence-electron chi connectivity index (χ3n) is 5.89. The van der Waals surface area contributed by atoms with Crippen LogP contribution in [0.3, 0.4) is 0 Å². The van der Waals surface area contributed by atoms with Crippen molar-refractivity contribution in [1.29, 1.82) is 0 Å². The quantitative estimate of drug-likeness (QED) is 0.596. The van der Waals surface area contributed by atoms with Crippen molar-refractivity contribution in [3.05, 3.63) is 70.8 Å². The van der Waals surface area contributed by atoms with E-state index in [0.29, 0.717) is 25.9 Å². The Morgan fingerprint density at radius 3 is 1.91 bits per heavy atom. The zero-order valence-electron chi connectivity index (χ0n) is 20.0. The summed E-state index contributed by atoms with van der Waals surface area (Å²) in [5, 5.41) is 7.87. The normalized spacial score (nSPS) is 18.8. The summed E-state index contributed by atoms with van der Waals surface area (Å²) < 4.78 is 9.04. The Morgan fingerprint density at radius 2 is 1.31 bits per heavy atom. The van der Waals surface area contributed by atoms with Crippen LogP contribution in [0.1, 0.15) is 22.3 Å². The molecule has 0 aromatic heterocycles. The molecule has 2 aromatic carbocycles. The average Bonchev–Trinajstić information content (AvgIpc) is 3.09. The molecule has 186 valence electrons. The predicted octanol–water partition coefficient (Wildman–Crippen LogP) is 1.51. The highest BCUT2D eigenvalue weighted by Crippen LogP contribution is 2.18. The molecule has 0 saturated carbocycles.